The number of rotatable bonds is 4. The van der Waals surface area contributed by atoms with Crippen molar-refractivity contribution in [1.82, 2.24) is 15.0 Å². The predicted molar refractivity (Wildman–Crippen MR) is 105 cm³/mol. The summed E-state index contributed by atoms with van der Waals surface area (Å²) in [5, 5.41) is 6.70. The van der Waals surface area contributed by atoms with Crippen molar-refractivity contribution in [1.29, 1.82) is 0 Å². The summed E-state index contributed by atoms with van der Waals surface area (Å²) in [5.74, 6) is 1.15. The second kappa shape index (κ2) is 8.30. The number of piperidine rings is 1. The van der Waals surface area contributed by atoms with Gasteiger partial charge < -0.3 is 19.5 Å². The van der Waals surface area contributed by atoms with Crippen LogP contribution in [0, 0.1) is 5.82 Å². The number of hydrogen-bond acceptors (Lipinski definition) is 5. The van der Waals surface area contributed by atoms with Gasteiger partial charge in [-0.05, 0) is 37.1 Å². The Morgan fingerprint density at radius 2 is 2.14 bits per heavy atom. The summed E-state index contributed by atoms with van der Waals surface area (Å²) in [4.78, 5) is 18.7. The van der Waals surface area contributed by atoms with Crippen LogP contribution in [0.2, 0.25) is 0 Å². The summed E-state index contributed by atoms with van der Waals surface area (Å²) in [6, 6.07) is 13.2. The van der Waals surface area contributed by atoms with Gasteiger partial charge in [0.1, 0.15) is 11.6 Å². The van der Waals surface area contributed by atoms with E-state index in [1.54, 1.807) is 24.1 Å². The van der Waals surface area contributed by atoms with Crippen molar-refractivity contribution in [3.63, 3.8) is 0 Å². The van der Waals surface area contributed by atoms with Gasteiger partial charge in [0.25, 0.3) is 0 Å². The van der Waals surface area contributed by atoms with E-state index in [2.05, 4.69) is 15.5 Å². The van der Waals surface area contributed by atoms with Gasteiger partial charge in [-0.2, -0.15) is 4.98 Å². The third-order valence-corrected chi connectivity index (χ3v) is 4.94. The maximum absolute atomic E-state index is 13.8. The standard InChI is InChI=1S/C21H21FN4O3/c1-28-16-8-4-6-14(12-16)19-24-20(29-25-19)15-7-5-11-26(13-15)21(27)23-18-10-3-2-9-17(18)22/h2-4,6,8-10,12,15H,5,7,11,13H2,1H3,(H,23,27)/t15-/m1/s1. The molecule has 0 bridgehead atoms. The van der Waals surface area contributed by atoms with Crippen molar-refractivity contribution in [2.24, 2.45) is 0 Å². The molecule has 1 aliphatic heterocycles. The zero-order chi connectivity index (χ0) is 20.2. The van der Waals surface area contributed by atoms with E-state index in [0.717, 1.165) is 18.4 Å². The van der Waals surface area contributed by atoms with Crippen LogP contribution in [0.1, 0.15) is 24.7 Å². The number of hydrogen-bond donors (Lipinski definition) is 1. The van der Waals surface area contributed by atoms with Crippen molar-refractivity contribution < 1.29 is 18.4 Å². The molecule has 8 heteroatoms. The number of nitrogens with one attached hydrogen (secondary N) is 1. The quantitative estimate of drug-likeness (QED) is 0.711. The number of amides is 2. The lowest BCUT2D eigenvalue weighted by atomic mass is 9.98. The summed E-state index contributed by atoms with van der Waals surface area (Å²) in [5.41, 5.74) is 0.960. The van der Waals surface area contributed by atoms with E-state index in [9.17, 15) is 9.18 Å². The summed E-state index contributed by atoms with van der Waals surface area (Å²) >= 11 is 0. The Hall–Kier alpha value is -3.42. The molecule has 0 radical (unpaired) electrons. The molecule has 29 heavy (non-hydrogen) atoms. The van der Waals surface area contributed by atoms with Crippen molar-refractivity contribution in [3.05, 3.63) is 60.2 Å². The number of urea groups is 1. The van der Waals surface area contributed by atoms with Gasteiger partial charge in [0.15, 0.2) is 0 Å². The molecule has 1 saturated heterocycles. The minimum atomic E-state index is -0.464. The molecule has 3 aromatic rings. The van der Waals surface area contributed by atoms with Crippen LogP contribution in [0.5, 0.6) is 5.75 Å². The van der Waals surface area contributed by atoms with Gasteiger partial charge in [0.2, 0.25) is 11.7 Å². The number of carbonyl (C=O) groups is 1. The fourth-order valence-electron chi connectivity index (χ4n) is 3.40. The van der Waals surface area contributed by atoms with Crippen LogP contribution in [0.25, 0.3) is 11.4 Å². The van der Waals surface area contributed by atoms with E-state index in [0.29, 0.717) is 30.6 Å². The van der Waals surface area contributed by atoms with Crippen LogP contribution in [0.4, 0.5) is 14.9 Å². The fourth-order valence-corrected chi connectivity index (χ4v) is 3.40. The fraction of sp³-hybridized carbons (Fsp3) is 0.286. The summed E-state index contributed by atoms with van der Waals surface area (Å²) < 4.78 is 24.5. The molecule has 2 aromatic carbocycles. The Morgan fingerprint density at radius 3 is 2.97 bits per heavy atom. The molecule has 4 rings (SSSR count). The third-order valence-electron chi connectivity index (χ3n) is 4.94. The smallest absolute Gasteiger partial charge is 0.321 e. The monoisotopic (exact) mass is 396 g/mol. The van der Waals surface area contributed by atoms with E-state index in [4.69, 9.17) is 9.26 Å². The van der Waals surface area contributed by atoms with Crippen molar-refractivity contribution in [2.45, 2.75) is 18.8 Å². The van der Waals surface area contributed by atoms with Gasteiger partial charge in [0, 0.05) is 18.7 Å². The largest absolute Gasteiger partial charge is 0.497 e. The molecule has 0 saturated carbocycles. The first-order valence-corrected chi connectivity index (χ1v) is 9.42. The van der Waals surface area contributed by atoms with Crippen molar-refractivity contribution in [2.75, 3.05) is 25.5 Å². The van der Waals surface area contributed by atoms with Crippen molar-refractivity contribution >= 4 is 11.7 Å². The molecule has 7 nitrogen and oxygen atoms in total. The molecule has 1 atom stereocenters. The normalized spacial score (nSPS) is 16.5. The van der Waals surface area contributed by atoms with E-state index in [-0.39, 0.29) is 17.6 Å². The molecule has 2 amide bonds. The predicted octanol–water partition coefficient (Wildman–Crippen LogP) is 4.30. The lowest BCUT2D eigenvalue weighted by Gasteiger charge is -2.31. The van der Waals surface area contributed by atoms with Crippen molar-refractivity contribution in [3.8, 4) is 17.1 Å². The molecule has 0 unspecified atom stereocenters. The van der Waals surface area contributed by atoms with Gasteiger partial charge in [-0.3, -0.25) is 0 Å². The number of carbonyl (C=O) groups excluding carboxylic acids is 1. The van der Waals surface area contributed by atoms with Gasteiger partial charge in [-0.15, -0.1) is 0 Å². The number of nitrogens with zero attached hydrogens (tertiary/aromatic N) is 3. The number of likely N-dealkylation sites (tertiary alicyclic amines) is 1. The van der Waals surface area contributed by atoms with Gasteiger partial charge in [-0.25, -0.2) is 9.18 Å². The minimum absolute atomic E-state index is 0.0676. The average molecular weight is 396 g/mol. The molecule has 0 spiro atoms. The minimum Gasteiger partial charge on any atom is -0.497 e. The van der Waals surface area contributed by atoms with E-state index < -0.39 is 5.82 Å². The van der Waals surface area contributed by atoms with Gasteiger partial charge >= 0.3 is 6.03 Å². The molecule has 1 N–H and O–H groups in total. The van der Waals surface area contributed by atoms with E-state index in [1.807, 2.05) is 24.3 Å². The highest BCUT2D eigenvalue weighted by Crippen LogP contribution is 2.29. The van der Waals surface area contributed by atoms with E-state index >= 15 is 0 Å². The number of halogens is 1. The molecule has 150 valence electrons. The van der Waals surface area contributed by atoms with Crippen LogP contribution in [0.15, 0.2) is 53.1 Å². The maximum Gasteiger partial charge on any atom is 0.321 e. The maximum atomic E-state index is 13.8. The first-order chi connectivity index (χ1) is 14.1. The molecular formula is C21H21FN4O3. The summed E-state index contributed by atoms with van der Waals surface area (Å²) in [6.45, 7) is 1.02. The summed E-state index contributed by atoms with van der Waals surface area (Å²) in [7, 11) is 1.60. The molecular weight excluding hydrogens is 375 g/mol. The van der Waals surface area contributed by atoms with Gasteiger partial charge in [0.05, 0.1) is 18.7 Å². The topological polar surface area (TPSA) is 80.5 Å². The van der Waals surface area contributed by atoms with Crippen LogP contribution >= 0.6 is 0 Å². The molecule has 1 aromatic heterocycles. The highest BCUT2D eigenvalue weighted by Gasteiger charge is 2.29. The number of benzene rings is 2. The lowest BCUT2D eigenvalue weighted by Crippen LogP contribution is -2.41. The third kappa shape index (κ3) is 4.21. The lowest BCUT2D eigenvalue weighted by molar-refractivity contribution is 0.184. The second-order valence-corrected chi connectivity index (χ2v) is 6.88. The molecule has 2 heterocycles. The van der Waals surface area contributed by atoms with Crippen LogP contribution in [0.3, 0.4) is 0 Å². The first-order valence-electron chi connectivity index (χ1n) is 9.42. The first kappa shape index (κ1) is 18.9. The van der Waals surface area contributed by atoms with E-state index in [1.165, 1.54) is 12.1 Å². The number of ether oxygens (including phenoxy) is 1. The molecule has 1 aliphatic rings. The van der Waals surface area contributed by atoms with Crippen LogP contribution < -0.4 is 10.1 Å². The number of anilines is 1. The number of methoxy groups -OCH3 is 1. The Kier molecular flexibility index (Phi) is 5.41. The Morgan fingerprint density at radius 1 is 1.28 bits per heavy atom. The SMILES string of the molecule is COc1cccc(-c2noc([C@@H]3CCCN(C(=O)Nc4ccccc4F)C3)n2)c1. The number of para-hydroxylation sites is 1. The zero-order valence-electron chi connectivity index (χ0n) is 16.0. The Labute approximate surface area is 167 Å². The Balaban J connectivity index is 1.45. The highest BCUT2D eigenvalue weighted by molar-refractivity contribution is 5.89. The highest BCUT2D eigenvalue weighted by atomic mass is 19.1. The molecule has 1 fully saturated rings. The second-order valence-electron chi connectivity index (χ2n) is 6.88. The van der Waals surface area contributed by atoms with Gasteiger partial charge in [-0.1, -0.05) is 29.4 Å². The number of aromatic nitrogens is 2. The summed E-state index contributed by atoms with van der Waals surface area (Å²) in [6.07, 6.45) is 1.63. The van der Waals surface area contributed by atoms with Crippen LogP contribution in [-0.4, -0.2) is 41.3 Å². The van der Waals surface area contributed by atoms with Crippen LogP contribution in [-0.2, 0) is 0 Å². The molecule has 0 aliphatic carbocycles. The average Bonchev–Trinajstić information content (AvgIpc) is 3.26. The Bertz CT molecular complexity index is 1010. The zero-order valence-corrected chi connectivity index (χ0v) is 16.0.